The molecule has 7 heteroatoms. The Balaban J connectivity index is 2.21. The van der Waals surface area contributed by atoms with Crippen molar-refractivity contribution in [2.45, 2.75) is 6.18 Å². The van der Waals surface area contributed by atoms with E-state index in [1.54, 1.807) is 0 Å². The summed E-state index contributed by atoms with van der Waals surface area (Å²) in [5.74, 6) is -1.04. The molecule has 1 amide bonds. The van der Waals surface area contributed by atoms with E-state index in [1.807, 2.05) is 0 Å². The lowest BCUT2D eigenvalue weighted by Gasteiger charge is -2.12. The van der Waals surface area contributed by atoms with Crippen LogP contribution in [0.1, 0.15) is 16.1 Å². The van der Waals surface area contributed by atoms with E-state index in [0.29, 0.717) is 10.9 Å². The van der Waals surface area contributed by atoms with Gasteiger partial charge in [-0.3, -0.25) is 4.79 Å². The fraction of sp³-hybridized carbons (Fsp3) is 0.0625. The standard InChI is InChI=1S/C16H11F3N2O2/c17-16(18,19)11-4-2-1-3-9(11)8-5-6-10-12(7-8)23-14(13(10)20)15(21)22/h1-7H,20H2,(H2,21,22). The number of rotatable bonds is 2. The Morgan fingerprint density at radius 1 is 1.09 bits per heavy atom. The van der Waals surface area contributed by atoms with Crippen molar-refractivity contribution in [2.75, 3.05) is 5.73 Å². The average Bonchev–Trinajstić information content (AvgIpc) is 2.83. The van der Waals surface area contributed by atoms with Gasteiger partial charge in [0.1, 0.15) is 5.58 Å². The van der Waals surface area contributed by atoms with Crippen molar-refractivity contribution in [2.24, 2.45) is 5.73 Å². The lowest BCUT2D eigenvalue weighted by atomic mass is 9.98. The number of amides is 1. The Labute approximate surface area is 128 Å². The first-order valence-electron chi connectivity index (χ1n) is 6.57. The number of benzene rings is 2. The summed E-state index contributed by atoms with van der Waals surface area (Å²) in [6.45, 7) is 0. The first kappa shape index (κ1) is 15.0. The highest BCUT2D eigenvalue weighted by molar-refractivity contribution is 6.05. The zero-order valence-electron chi connectivity index (χ0n) is 11.6. The van der Waals surface area contributed by atoms with E-state index >= 15 is 0 Å². The quantitative estimate of drug-likeness (QED) is 0.753. The van der Waals surface area contributed by atoms with Crippen LogP contribution in [0.3, 0.4) is 0 Å². The van der Waals surface area contributed by atoms with E-state index in [4.69, 9.17) is 15.9 Å². The molecule has 1 aromatic heterocycles. The Hall–Kier alpha value is -2.96. The van der Waals surface area contributed by atoms with Gasteiger partial charge in [-0.15, -0.1) is 0 Å². The number of carbonyl (C=O) groups is 1. The molecule has 4 nitrogen and oxygen atoms in total. The van der Waals surface area contributed by atoms with Gasteiger partial charge in [0.15, 0.2) is 0 Å². The summed E-state index contributed by atoms with van der Waals surface area (Å²) in [6.07, 6.45) is -4.48. The molecule has 0 saturated carbocycles. The van der Waals surface area contributed by atoms with Crippen molar-refractivity contribution in [1.82, 2.24) is 0 Å². The molecule has 0 radical (unpaired) electrons. The predicted octanol–water partition coefficient (Wildman–Crippen LogP) is 3.80. The van der Waals surface area contributed by atoms with Gasteiger partial charge in [-0.2, -0.15) is 13.2 Å². The zero-order chi connectivity index (χ0) is 16.8. The maximum absolute atomic E-state index is 13.1. The molecule has 0 saturated heterocycles. The number of fused-ring (bicyclic) bond motifs is 1. The minimum atomic E-state index is -4.48. The number of carbonyl (C=O) groups excluding carboxylic acids is 1. The first-order valence-corrected chi connectivity index (χ1v) is 6.57. The lowest BCUT2D eigenvalue weighted by Crippen LogP contribution is -2.11. The number of anilines is 1. The van der Waals surface area contributed by atoms with Gasteiger partial charge in [0, 0.05) is 5.39 Å². The molecule has 0 spiro atoms. The van der Waals surface area contributed by atoms with E-state index in [9.17, 15) is 18.0 Å². The average molecular weight is 320 g/mol. The van der Waals surface area contributed by atoms with Gasteiger partial charge in [0.05, 0.1) is 11.3 Å². The van der Waals surface area contributed by atoms with Crippen molar-refractivity contribution in [3.05, 3.63) is 53.8 Å². The molecule has 1 heterocycles. The van der Waals surface area contributed by atoms with Crippen LogP contribution in [-0.4, -0.2) is 5.91 Å². The highest BCUT2D eigenvalue weighted by Gasteiger charge is 2.33. The molecule has 3 rings (SSSR count). The van der Waals surface area contributed by atoms with Gasteiger partial charge in [-0.05, 0) is 29.3 Å². The van der Waals surface area contributed by atoms with Gasteiger partial charge < -0.3 is 15.9 Å². The molecule has 0 aliphatic rings. The summed E-state index contributed by atoms with van der Waals surface area (Å²) in [5.41, 5.74) is 10.7. The summed E-state index contributed by atoms with van der Waals surface area (Å²) in [5, 5.41) is 0.423. The third-order valence-corrected chi connectivity index (χ3v) is 3.50. The van der Waals surface area contributed by atoms with Crippen LogP contribution in [0.5, 0.6) is 0 Å². The van der Waals surface area contributed by atoms with Crippen LogP contribution >= 0.6 is 0 Å². The molecule has 0 aliphatic heterocycles. The Bertz CT molecular complexity index is 913. The van der Waals surface area contributed by atoms with Crippen LogP contribution in [0.25, 0.3) is 22.1 Å². The number of alkyl halides is 3. The normalized spacial score (nSPS) is 11.8. The minimum absolute atomic E-state index is 0.0116. The van der Waals surface area contributed by atoms with Crippen molar-refractivity contribution in [1.29, 1.82) is 0 Å². The lowest BCUT2D eigenvalue weighted by molar-refractivity contribution is -0.137. The SMILES string of the molecule is NC(=O)c1oc2cc(-c3ccccc3C(F)(F)F)ccc2c1N. The Morgan fingerprint density at radius 3 is 2.43 bits per heavy atom. The summed E-state index contributed by atoms with van der Waals surface area (Å²) in [6, 6.07) is 9.60. The molecule has 23 heavy (non-hydrogen) atoms. The van der Waals surface area contributed by atoms with E-state index in [-0.39, 0.29) is 22.6 Å². The summed E-state index contributed by atoms with van der Waals surface area (Å²) >= 11 is 0. The van der Waals surface area contributed by atoms with Crippen LogP contribution in [0, 0.1) is 0 Å². The number of furan rings is 1. The number of hydrogen-bond donors (Lipinski definition) is 2. The number of hydrogen-bond acceptors (Lipinski definition) is 3. The number of primary amides is 1. The Kier molecular flexibility index (Phi) is 3.28. The highest BCUT2D eigenvalue weighted by Crippen LogP contribution is 2.38. The molecule has 3 aromatic rings. The third-order valence-electron chi connectivity index (χ3n) is 3.50. The smallest absolute Gasteiger partial charge is 0.417 e. The van der Waals surface area contributed by atoms with Crippen molar-refractivity contribution in [3.8, 4) is 11.1 Å². The molecule has 0 bridgehead atoms. The number of nitrogen functional groups attached to an aromatic ring is 1. The zero-order valence-corrected chi connectivity index (χ0v) is 11.6. The number of halogens is 3. The first-order chi connectivity index (χ1) is 10.8. The fourth-order valence-corrected chi connectivity index (χ4v) is 2.45. The van der Waals surface area contributed by atoms with Crippen molar-refractivity contribution in [3.63, 3.8) is 0 Å². The van der Waals surface area contributed by atoms with Gasteiger partial charge in [-0.1, -0.05) is 24.3 Å². The van der Waals surface area contributed by atoms with E-state index in [1.165, 1.54) is 36.4 Å². The van der Waals surface area contributed by atoms with Gasteiger partial charge in [-0.25, -0.2) is 0 Å². The molecular weight excluding hydrogens is 309 g/mol. The second kappa shape index (κ2) is 5.05. The van der Waals surface area contributed by atoms with Crippen LogP contribution < -0.4 is 11.5 Å². The van der Waals surface area contributed by atoms with Crippen LogP contribution in [-0.2, 0) is 6.18 Å². The largest absolute Gasteiger partial charge is 0.449 e. The van der Waals surface area contributed by atoms with Crippen molar-refractivity contribution >= 4 is 22.6 Å². The molecule has 0 unspecified atom stereocenters. The van der Waals surface area contributed by atoms with Crippen LogP contribution in [0.15, 0.2) is 46.9 Å². The van der Waals surface area contributed by atoms with Gasteiger partial charge in [0.2, 0.25) is 5.76 Å². The second-order valence-corrected chi connectivity index (χ2v) is 4.96. The van der Waals surface area contributed by atoms with Gasteiger partial charge in [0.25, 0.3) is 5.91 Å². The Morgan fingerprint density at radius 2 is 1.78 bits per heavy atom. The molecule has 0 fully saturated rings. The minimum Gasteiger partial charge on any atom is -0.449 e. The molecular formula is C16H11F3N2O2. The molecule has 0 atom stereocenters. The van der Waals surface area contributed by atoms with E-state index in [0.717, 1.165) is 6.07 Å². The van der Waals surface area contributed by atoms with E-state index in [2.05, 4.69) is 0 Å². The fourth-order valence-electron chi connectivity index (χ4n) is 2.45. The molecule has 0 aliphatic carbocycles. The van der Waals surface area contributed by atoms with Crippen LogP contribution in [0.4, 0.5) is 18.9 Å². The monoisotopic (exact) mass is 320 g/mol. The van der Waals surface area contributed by atoms with Gasteiger partial charge >= 0.3 is 6.18 Å². The number of nitrogens with two attached hydrogens (primary N) is 2. The third kappa shape index (κ3) is 2.50. The molecule has 2 aromatic carbocycles. The topological polar surface area (TPSA) is 82.2 Å². The maximum atomic E-state index is 13.1. The summed E-state index contributed by atoms with van der Waals surface area (Å²) in [7, 11) is 0. The maximum Gasteiger partial charge on any atom is 0.417 e. The second-order valence-electron chi connectivity index (χ2n) is 4.96. The summed E-state index contributed by atoms with van der Waals surface area (Å²) < 4.78 is 44.6. The molecule has 4 N–H and O–H groups in total. The van der Waals surface area contributed by atoms with Crippen molar-refractivity contribution < 1.29 is 22.4 Å². The predicted molar refractivity (Wildman–Crippen MR) is 79.6 cm³/mol. The highest BCUT2D eigenvalue weighted by atomic mass is 19.4. The van der Waals surface area contributed by atoms with E-state index < -0.39 is 17.6 Å². The summed E-state index contributed by atoms with van der Waals surface area (Å²) in [4.78, 5) is 11.2. The molecule has 118 valence electrons. The van der Waals surface area contributed by atoms with Crippen LogP contribution in [0.2, 0.25) is 0 Å².